The monoisotopic (exact) mass is 701 g/mol. The quantitative estimate of drug-likeness (QED) is 0.159. The zero-order valence-electron chi connectivity index (χ0n) is 25.9. The molecule has 0 saturated heterocycles. The topological polar surface area (TPSA) is 137 Å². The number of hydrogen-bond donors (Lipinski definition) is 5. The first-order valence-electron chi connectivity index (χ1n) is 15.5. The molecule has 1 aromatic rings. The largest absolute Gasteiger partial charge is 0.450 e. The molecule has 5 N–H and O–H groups in total. The van der Waals surface area contributed by atoms with Gasteiger partial charge in [-0.05, 0) is 84.2 Å². The normalized spacial score (nSPS) is 17.7. The molecule has 238 valence electrons. The zero-order chi connectivity index (χ0) is 31.2. The Morgan fingerprint density at radius 2 is 1.48 bits per heavy atom. The third-order valence-electron chi connectivity index (χ3n) is 7.74. The number of amides is 3. The van der Waals surface area contributed by atoms with Gasteiger partial charge in [-0.1, -0.05) is 71.9 Å². The average molecular weight is 702 g/mol. The highest BCUT2D eigenvalue weighted by Gasteiger charge is 2.34. The summed E-state index contributed by atoms with van der Waals surface area (Å²) in [7, 11) is 0. The second-order valence-corrected chi connectivity index (χ2v) is 13.7. The van der Waals surface area contributed by atoms with Gasteiger partial charge in [-0.25, -0.2) is 4.79 Å². The maximum Gasteiger partial charge on any atom is 0.407 e. The highest BCUT2D eigenvalue weighted by Crippen LogP contribution is 2.29. The summed E-state index contributed by atoms with van der Waals surface area (Å²) in [5.74, 6) is -0.271. The first-order chi connectivity index (χ1) is 19.9. The number of alkyl carbamates (subject to hydrolysis) is 1. The van der Waals surface area contributed by atoms with Crippen molar-refractivity contribution >= 4 is 40.5 Å². The van der Waals surface area contributed by atoms with E-state index in [0.717, 1.165) is 34.8 Å². The Morgan fingerprint density at radius 1 is 0.881 bits per heavy atom. The molecule has 0 aliphatic heterocycles. The fourth-order valence-corrected chi connectivity index (χ4v) is 5.95. The molecule has 0 unspecified atom stereocenters. The van der Waals surface area contributed by atoms with Gasteiger partial charge in [0.25, 0.3) is 0 Å². The second-order valence-electron chi connectivity index (χ2n) is 12.5. The molecule has 0 aromatic heterocycles. The van der Waals surface area contributed by atoms with Gasteiger partial charge in [0.15, 0.2) is 0 Å². The number of benzene rings is 1. The van der Waals surface area contributed by atoms with Gasteiger partial charge in [0, 0.05) is 9.99 Å². The molecule has 2 rings (SSSR count). The molecule has 1 aliphatic carbocycles. The van der Waals surface area contributed by atoms with Crippen molar-refractivity contribution in [2.24, 2.45) is 17.8 Å². The molecule has 10 heteroatoms. The maximum absolute atomic E-state index is 13.7. The lowest BCUT2D eigenvalue weighted by molar-refractivity contribution is -0.131. The third-order valence-corrected chi connectivity index (χ3v) is 8.46. The number of carbonyl (C=O) groups excluding carboxylic acids is 3. The van der Waals surface area contributed by atoms with Crippen LogP contribution < -0.4 is 16.0 Å². The van der Waals surface area contributed by atoms with Crippen molar-refractivity contribution in [1.82, 2.24) is 16.0 Å². The first kappa shape index (κ1) is 36.3. The molecule has 3 amide bonds. The summed E-state index contributed by atoms with van der Waals surface area (Å²) in [5, 5.41) is 30.4. The number of rotatable bonds is 16. The lowest BCUT2D eigenvalue weighted by Gasteiger charge is -2.34. The second kappa shape index (κ2) is 18.7. The van der Waals surface area contributed by atoms with Gasteiger partial charge in [0.2, 0.25) is 11.8 Å². The lowest BCUT2D eigenvalue weighted by Crippen LogP contribution is -2.58. The van der Waals surface area contributed by atoms with Gasteiger partial charge < -0.3 is 30.9 Å². The maximum atomic E-state index is 13.7. The lowest BCUT2D eigenvalue weighted by atomic mass is 9.82. The van der Waals surface area contributed by atoms with Crippen molar-refractivity contribution in [3.8, 4) is 0 Å². The van der Waals surface area contributed by atoms with Gasteiger partial charge in [-0.3, -0.25) is 9.59 Å². The smallest absolute Gasteiger partial charge is 0.407 e. The molecule has 1 aromatic carbocycles. The van der Waals surface area contributed by atoms with E-state index in [9.17, 15) is 24.6 Å². The van der Waals surface area contributed by atoms with Crippen molar-refractivity contribution in [3.05, 3.63) is 33.4 Å². The van der Waals surface area contributed by atoms with E-state index in [1.807, 2.05) is 52.0 Å². The number of aliphatic hydroxyl groups is 2. The molecular weight excluding hydrogens is 649 g/mol. The van der Waals surface area contributed by atoms with Crippen molar-refractivity contribution in [1.29, 1.82) is 0 Å². The predicted octanol–water partition coefficient (Wildman–Crippen LogP) is 4.70. The van der Waals surface area contributed by atoms with E-state index in [4.69, 9.17) is 4.74 Å². The minimum absolute atomic E-state index is 0.0852. The van der Waals surface area contributed by atoms with Crippen LogP contribution >= 0.6 is 22.6 Å². The highest BCUT2D eigenvalue weighted by atomic mass is 127. The summed E-state index contributed by atoms with van der Waals surface area (Å²) in [6.07, 6.45) is 4.30. The molecular formula is C32H52IN3O6. The van der Waals surface area contributed by atoms with Crippen LogP contribution in [0.15, 0.2) is 24.3 Å². The molecule has 0 radical (unpaired) electrons. The Morgan fingerprint density at radius 3 is 2.05 bits per heavy atom. The molecule has 0 spiro atoms. The molecule has 5 atom stereocenters. The predicted molar refractivity (Wildman–Crippen MR) is 173 cm³/mol. The van der Waals surface area contributed by atoms with Crippen LogP contribution in [0.4, 0.5) is 4.79 Å². The number of ether oxygens (including phenoxy) is 1. The average Bonchev–Trinajstić information content (AvgIpc) is 2.92. The van der Waals surface area contributed by atoms with Crippen molar-refractivity contribution in [3.63, 3.8) is 0 Å². The number of hydrogen-bond acceptors (Lipinski definition) is 6. The summed E-state index contributed by atoms with van der Waals surface area (Å²) in [5.41, 5.74) is 0.854. The van der Waals surface area contributed by atoms with Gasteiger partial charge in [-0.2, -0.15) is 0 Å². The highest BCUT2D eigenvalue weighted by molar-refractivity contribution is 14.1. The summed E-state index contributed by atoms with van der Waals surface area (Å²) in [6, 6.07) is 5.17. The van der Waals surface area contributed by atoms with E-state index in [-0.39, 0.29) is 24.9 Å². The molecule has 1 fully saturated rings. The van der Waals surface area contributed by atoms with E-state index >= 15 is 0 Å². The van der Waals surface area contributed by atoms with Crippen LogP contribution in [0.3, 0.4) is 0 Å². The number of halogens is 1. The molecule has 42 heavy (non-hydrogen) atoms. The van der Waals surface area contributed by atoms with E-state index in [0.29, 0.717) is 25.2 Å². The van der Waals surface area contributed by atoms with Gasteiger partial charge in [-0.15, -0.1) is 0 Å². The van der Waals surface area contributed by atoms with Crippen LogP contribution in [0, 0.1) is 21.3 Å². The van der Waals surface area contributed by atoms with Gasteiger partial charge in [0.1, 0.15) is 18.2 Å². The standard InChI is InChI=1S/C32H52IN3O6/c1-6-42-32(41)36-27(19-23-12-14-24(33)15-13-23)31(40)35-26(16-20(2)3)30(39)34-25(18-22-10-8-7-9-11-22)29(38)28(37)17-21(4)5/h12-15,20-22,25-29,37-38H,6-11,16-19H2,1-5H3,(H,34,39)(H,35,40)(H,36,41)/t25-,26-,27-,28-,29+/m0/s1. The van der Waals surface area contributed by atoms with Crippen LogP contribution in [-0.4, -0.2) is 65.1 Å². The minimum atomic E-state index is -1.12. The van der Waals surface area contributed by atoms with E-state index in [1.165, 1.54) is 6.42 Å². The first-order valence-corrected chi connectivity index (χ1v) is 16.6. The Kier molecular flexibility index (Phi) is 16.1. The molecule has 9 nitrogen and oxygen atoms in total. The van der Waals surface area contributed by atoms with E-state index in [2.05, 4.69) is 38.5 Å². The van der Waals surface area contributed by atoms with Crippen LogP contribution in [0.5, 0.6) is 0 Å². The van der Waals surface area contributed by atoms with Crippen LogP contribution in [0.1, 0.15) is 91.5 Å². The van der Waals surface area contributed by atoms with Gasteiger partial charge >= 0.3 is 6.09 Å². The van der Waals surface area contributed by atoms with Crippen LogP contribution in [-0.2, 0) is 20.7 Å². The molecule has 1 saturated carbocycles. The summed E-state index contributed by atoms with van der Waals surface area (Å²) >= 11 is 2.20. The van der Waals surface area contributed by atoms with Crippen molar-refractivity contribution in [2.45, 2.75) is 123 Å². The summed E-state index contributed by atoms with van der Waals surface area (Å²) in [4.78, 5) is 39.6. The SMILES string of the molecule is CCOC(=O)N[C@@H](Cc1ccc(I)cc1)C(=O)N[C@@H](CC(C)C)C(=O)N[C@@H](CC1CCCCC1)[C@@H](O)[C@@H](O)CC(C)C. The van der Waals surface area contributed by atoms with E-state index < -0.39 is 48.2 Å². The summed E-state index contributed by atoms with van der Waals surface area (Å²) < 4.78 is 6.08. The van der Waals surface area contributed by atoms with Gasteiger partial charge in [0.05, 0.1) is 18.8 Å². The van der Waals surface area contributed by atoms with Crippen LogP contribution in [0.2, 0.25) is 0 Å². The Bertz CT molecular complexity index is 968. The fraction of sp³-hybridized carbons (Fsp3) is 0.719. The zero-order valence-corrected chi connectivity index (χ0v) is 28.1. The Labute approximate surface area is 265 Å². The number of carbonyl (C=O) groups is 3. The Balaban J connectivity index is 2.24. The minimum Gasteiger partial charge on any atom is -0.450 e. The third kappa shape index (κ3) is 13.2. The number of nitrogens with one attached hydrogen (secondary N) is 3. The van der Waals surface area contributed by atoms with E-state index in [1.54, 1.807) is 6.92 Å². The summed E-state index contributed by atoms with van der Waals surface area (Å²) in [6.45, 7) is 9.74. The van der Waals surface area contributed by atoms with Crippen LogP contribution in [0.25, 0.3) is 0 Å². The fourth-order valence-electron chi connectivity index (χ4n) is 5.60. The number of aliphatic hydroxyl groups excluding tert-OH is 2. The molecule has 1 aliphatic rings. The molecule has 0 heterocycles. The Hall–Kier alpha value is -1.92. The molecule has 0 bridgehead atoms. The van der Waals surface area contributed by atoms with Crippen molar-refractivity contribution in [2.75, 3.05) is 6.61 Å². The van der Waals surface area contributed by atoms with Crippen molar-refractivity contribution < 1.29 is 29.3 Å².